The number of nitrogens with one attached hydrogen (secondary N) is 1. The molecule has 1 fully saturated rings. The van der Waals surface area contributed by atoms with E-state index in [1.165, 1.54) is 0 Å². The molecule has 3 nitrogen and oxygen atoms in total. The summed E-state index contributed by atoms with van der Waals surface area (Å²) >= 11 is 3.42. The van der Waals surface area contributed by atoms with Crippen LogP contribution in [0.5, 0.6) is 0 Å². The number of halogens is 1. The van der Waals surface area contributed by atoms with Crippen LogP contribution in [0.4, 0.5) is 5.82 Å². The maximum absolute atomic E-state index is 10.2. The number of pyridine rings is 1. The van der Waals surface area contributed by atoms with Crippen molar-refractivity contribution in [1.82, 2.24) is 4.98 Å². The van der Waals surface area contributed by atoms with E-state index in [-0.39, 0.29) is 0 Å². The van der Waals surface area contributed by atoms with E-state index in [4.69, 9.17) is 0 Å². The number of hydrogen-bond acceptors (Lipinski definition) is 3. The van der Waals surface area contributed by atoms with E-state index in [2.05, 4.69) is 26.2 Å². The first kappa shape index (κ1) is 11.9. The Kier molecular flexibility index (Phi) is 3.50. The topological polar surface area (TPSA) is 45.2 Å². The van der Waals surface area contributed by atoms with Crippen molar-refractivity contribution in [1.29, 1.82) is 0 Å². The average Bonchev–Trinajstić information content (AvgIpc) is 2.68. The van der Waals surface area contributed by atoms with Gasteiger partial charge in [-0.25, -0.2) is 4.98 Å². The van der Waals surface area contributed by atoms with E-state index in [0.29, 0.717) is 6.54 Å². The molecule has 0 atom stereocenters. The Morgan fingerprint density at radius 1 is 1.44 bits per heavy atom. The van der Waals surface area contributed by atoms with Crippen molar-refractivity contribution >= 4 is 21.7 Å². The van der Waals surface area contributed by atoms with Crippen molar-refractivity contribution < 1.29 is 5.11 Å². The fraction of sp³-hybridized carbons (Fsp3) is 0.583. The van der Waals surface area contributed by atoms with Crippen molar-refractivity contribution in [2.45, 2.75) is 38.2 Å². The average molecular weight is 285 g/mol. The zero-order valence-corrected chi connectivity index (χ0v) is 11.0. The number of aryl methyl sites for hydroxylation is 1. The van der Waals surface area contributed by atoms with Crippen LogP contribution >= 0.6 is 15.9 Å². The molecule has 1 aliphatic rings. The molecule has 0 aliphatic heterocycles. The molecule has 1 saturated carbocycles. The SMILES string of the molecule is Cc1nc(NCC2(O)CCCC2)ccc1Br. The molecule has 4 heteroatoms. The highest BCUT2D eigenvalue weighted by Crippen LogP contribution is 2.29. The second-order valence-corrected chi connectivity index (χ2v) is 5.40. The fourth-order valence-electron chi connectivity index (χ4n) is 2.11. The second-order valence-electron chi connectivity index (χ2n) is 4.55. The Balaban J connectivity index is 1.96. The molecular formula is C12H17BrN2O. The van der Waals surface area contributed by atoms with Crippen LogP contribution in [-0.2, 0) is 0 Å². The third-order valence-corrected chi connectivity index (χ3v) is 3.99. The van der Waals surface area contributed by atoms with E-state index < -0.39 is 5.60 Å². The summed E-state index contributed by atoms with van der Waals surface area (Å²) in [6.45, 7) is 2.56. The maximum Gasteiger partial charge on any atom is 0.126 e. The summed E-state index contributed by atoms with van der Waals surface area (Å²) in [5, 5.41) is 13.4. The van der Waals surface area contributed by atoms with Gasteiger partial charge in [0, 0.05) is 11.0 Å². The highest BCUT2D eigenvalue weighted by molar-refractivity contribution is 9.10. The molecule has 1 aromatic rings. The molecule has 0 saturated heterocycles. The molecule has 0 unspecified atom stereocenters. The molecule has 16 heavy (non-hydrogen) atoms. The Bertz CT molecular complexity index is 375. The van der Waals surface area contributed by atoms with Crippen LogP contribution in [-0.4, -0.2) is 22.2 Å². The molecule has 1 heterocycles. The molecule has 2 rings (SSSR count). The number of aliphatic hydroxyl groups is 1. The van der Waals surface area contributed by atoms with Crippen LogP contribution < -0.4 is 5.32 Å². The van der Waals surface area contributed by atoms with Crippen LogP contribution in [0, 0.1) is 6.92 Å². The van der Waals surface area contributed by atoms with E-state index in [1.54, 1.807) is 0 Å². The number of anilines is 1. The van der Waals surface area contributed by atoms with E-state index >= 15 is 0 Å². The van der Waals surface area contributed by atoms with Gasteiger partial charge in [-0.1, -0.05) is 12.8 Å². The summed E-state index contributed by atoms with van der Waals surface area (Å²) in [6, 6.07) is 3.90. The van der Waals surface area contributed by atoms with Crippen molar-refractivity contribution in [2.24, 2.45) is 0 Å². The fourth-order valence-corrected chi connectivity index (χ4v) is 2.33. The molecule has 1 aromatic heterocycles. The summed E-state index contributed by atoms with van der Waals surface area (Å²) in [5.74, 6) is 0.834. The highest BCUT2D eigenvalue weighted by Gasteiger charge is 2.30. The van der Waals surface area contributed by atoms with Gasteiger partial charge in [-0.2, -0.15) is 0 Å². The van der Waals surface area contributed by atoms with Crippen LogP contribution in [0.25, 0.3) is 0 Å². The van der Waals surface area contributed by atoms with Crippen molar-refractivity contribution in [3.8, 4) is 0 Å². The summed E-state index contributed by atoms with van der Waals surface area (Å²) in [6.07, 6.45) is 4.06. The van der Waals surface area contributed by atoms with Crippen LogP contribution in [0.1, 0.15) is 31.4 Å². The number of rotatable bonds is 3. The molecule has 0 spiro atoms. The minimum absolute atomic E-state index is 0.525. The monoisotopic (exact) mass is 284 g/mol. The van der Waals surface area contributed by atoms with Gasteiger partial charge in [-0.15, -0.1) is 0 Å². The first-order valence-electron chi connectivity index (χ1n) is 5.68. The van der Waals surface area contributed by atoms with E-state index in [0.717, 1.165) is 41.7 Å². The zero-order chi connectivity index (χ0) is 11.6. The quantitative estimate of drug-likeness (QED) is 0.897. The van der Waals surface area contributed by atoms with Gasteiger partial charge in [0.25, 0.3) is 0 Å². The van der Waals surface area contributed by atoms with Gasteiger partial charge >= 0.3 is 0 Å². The lowest BCUT2D eigenvalue weighted by Gasteiger charge is -2.22. The molecule has 0 bridgehead atoms. The molecule has 0 aromatic carbocycles. The highest BCUT2D eigenvalue weighted by atomic mass is 79.9. The Morgan fingerprint density at radius 3 is 2.75 bits per heavy atom. The maximum atomic E-state index is 10.2. The minimum atomic E-state index is -0.525. The Labute approximate surface area is 104 Å². The molecule has 88 valence electrons. The lowest BCUT2D eigenvalue weighted by atomic mass is 10.0. The molecular weight excluding hydrogens is 268 g/mol. The summed E-state index contributed by atoms with van der Waals surface area (Å²) in [7, 11) is 0. The smallest absolute Gasteiger partial charge is 0.126 e. The van der Waals surface area contributed by atoms with Crippen molar-refractivity contribution in [2.75, 3.05) is 11.9 Å². The van der Waals surface area contributed by atoms with Gasteiger partial charge in [0.1, 0.15) is 5.82 Å². The number of nitrogens with zero attached hydrogens (tertiary/aromatic N) is 1. The van der Waals surface area contributed by atoms with Crippen LogP contribution in [0.15, 0.2) is 16.6 Å². The predicted octanol–water partition coefficient (Wildman–Crippen LogP) is 2.87. The largest absolute Gasteiger partial charge is 0.388 e. The Hall–Kier alpha value is -0.610. The summed E-state index contributed by atoms with van der Waals surface area (Å²) in [5.41, 5.74) is 0.436. The van der Waals surface area contributed by atoms with Crippen LogP contribution in [0.2, 0.25) is 0 Å². The number of aromatic nitrogens is 1. The normalized spacial score (nSPS) is 18.7. The van der Waals surface area contributed by atoms with Gasteiger partial charge in [0.15, 0.2) is 0 Å². The zero-order valence-electron chi connectivity index (χ0n) is 9.46. The first-order valence-corrected chi connectivity index (χ1v) is 6.48. The lowest BCUT2D eigenvalue weighted by Crippen LogP contribution is -2.33. The molecule has 2 N–H and O–H groups in total. The van der Waals surface area contributed by atoms with Gasteiger partial charge in [-0.3, -0.25) is 0 Å². The lowest BCUT2D eigenvalue weighted by molar-refractivity contribution is 0.0614. The van der Waals surface area contributed by atoms with E-state index in [9.17, 15) is 5.11 Å². The van der Waals surface area contributed by atoms with Gasteiger partial charge < -0.3 is 10.4 Å². The van der Waals surface area contributed by atoms with Crippen molar-refractivity contribution in [3.63, 3.8) is 0 Å². The van der Waals surface area contributed by atoms with E-state index in [1.807, 2.05) is 19.1 Å². The third-order valence-electron chi connectivity index (χ3n) is 3.15. The predicted molar refractivity (Wildman–Crippen MR) is 68.6 cm³/mol. The van der Waals surface area contributed by atoms with Crippen molar-refractivity contribution in [3.05, 3.63) is 22.3 Å². The third kappa shape index (κ3) is 2.74. The standard InChI is InChI=1S/C12H17BrN2O/c1-9-10(13)4-5-11(15-9)14-8-12(16)6-2-3-7-12/h4-5,16H,2-3,6-8H2,1H3,(H,14,15). The van der Waals surface area contributed by atoms with Gasteiger partial charge in [0.05, 0.1) is 11.3 Å². The minimum Gasteiger partial charge on any atom is -0.388 e. The second kappa shape index (κ2) is 4.72. The summed E-state index contributed by atoms with van der Waals surface area (Å²) in [4.78, 5) is 4.40. The number of hydrogen-bond donors (Lipinski definition) is 2. The first-order chi connectivity index (χ1) is 7.59. The van der Waals surface area contributed by atoms with Crippen LogP contribution in [0.3, 0.4) is 0 Å². The van der Waals surface area contributed by atoms with Gasteiger partial charge in [0.2, 0.25) is 0 Å². The van der Waals surface area contributed by atoms with Gasteiger partial charge in [-0.05, 0) is 47.8 Å². The Morgan fingerprint density at radius 2 is 2.12 bits per heavy atom. The molecule has 0 amide bonds. The molecule has 1 aliphatic carbocycles. The summed E-state index contributed by atoms with van der Waals surface area (Å²) < 4.78 is 1.01. The molecule has 0 radical (unpaired) electrons.